The molecule has 0 radical (unpaired) electrons. The van der Waals surface area contributed by atoms with Crippen molar-refractivity contribution >= 4 is 35.8 Å². The number of aliphatic hydroxyl groups excluding tert-OH is 1. The van der Waals surface area contributed by atoms with Gasteiger partial charge in [0, 0.05) is 44.5 Å². The van der Waals surface area contributed by atoms with Gasteiger partial charge in [0.1, 0.15) is 23.4 Å². The minimum Gasteiger partial charge on any atom is -0.497 e. The zero-order valence-corrected chi connectivity index (χ0v) is 20.7. The number of anilines is 1. The average Bonchev–Trinajstić information content (AvgIpc) is 2.81. The van der Waals surface area contributed by atoms with Gasteiger partial charge in [0.25, 0.3) is 0 Å². The van der Waals surface area contributed by atoms with E-state index in [2.05, 4.69) is 20.1 Å². The van der Waals surface area contributed by atoms with Crippen LogP contribution in [0.15, 0.2) is 47.6 Å². The fraction of sp³-hybridized carbons (Fsp3) is 0.455. The molecule has 1 aliphatic heterocycles. The summed E-state index contributed by atoms with van der Waals surface area (Å²) in [5.74, 6) is 3.09. The van der Waals surface area contributed by atoms with Gasteiger partial charge in [0.05, 0.1) is 20.8 Å². The molecular formula is C22H32IN5O3. The van der Waals surface area contributed by atoms with Gasteiger partial charge in [0.2, 0.25) is 0 Å². The predicted molar refractivity (Wildman–Crippen MR) is 134 cm³/mol. The number of pyridine rings is 1. The maximum absolute atomic E-state index is 10.8. The van der Waals surface area contributed by atoms with E-state index in [0.29, 0.717) is 17.1 Å². The highest BCUT2D eigenvalue weighted by Gasteiger charge is 2.21. The lowest BCUT2D eigenvalue weighted by atomic mass is 10.1. The molecule has 8 nitrogen and oxygen atoms in total. The van der Waals surface area contributed by atoms with Crippen LogP contribution in [0.4, 0.5) is 5.82 Å². The van der Waals surface area contributed by atoms with Crippen molar-refractivity contribution in [2.24, 2.45) is 4.99 Å². The fourth-order valence-electron chi connectivity index (χ4n) is 3.49. The first kappa shape index (κ1) is 25.0. The van der Waals surface area contributed by atoms with Crippen LogP contribution in [0.3, 0.4) is 0 Å². The largest absolute Gasteiger partial charge is 0.497 e. The third kappa shape index (κ3) is 6.60. The third-order valence-corrected chi connectivity index (χ3v) is 5.10. The van der Waals surface area contributed by atoms with Gasteiger partial charge in [-0.05, 0) is 37.3 Å². The van der Waals surface area contributed by atoms with Crippen molar-refractivity contribution in [3.8, 4) is 11.5 Å². The van der Waals surface area contributed by atoms with E-state index in [1.807, 2.05) is 37.4 Å². The van der Waals surface area contributed by atoms with Gasteiger partial charge in [-0.2, -0.15) is 0 Å². The summed E-state index contributed by atoms with van der Waals surface area (Å²) in [6.45, 7) is 6.44. The summed E-state index contributed by atoms with van der Waals surface area (Å²) in [7, 11) is 3.19. The summed E-state index contributed by atoms with van der Waals surface area (Å²) in [4.78, 5) is 13.6. The first-order chi connectivity index (χ1) is 14.7. The second-order valence-corrected chi connectivity index (χ2v) is 6.98. The second-order valence-electron chi connectivity index (χ2n) is 6.98. The Kier molecular flexibility index (Phi) is 10.1. The Morgan fingerprint density at radius 2 is 1.94 bits per heavy atom. The van der Waals surface area contributed by atoms with Crippen LogP contribution in [0.25, 0.3) is 0 Å². The summed E-state index contributed by atoms with van der Waals surface area (Å²) >= 11 is 0. The van der Waals surface area contributed by atoms with Crippen molar-refractivity contribution in [2.75, 3.05) is 58.4 Å². The highest BCUT2D eigenvalue weighted by molar-refractivity contribution is 14.0. The van der Waals surface area contributed by atoms with E-state index in [1.54, 1.807) is 26.4 Å². The van der Waals surface area contributed by atoms with E-state index in [-0.39, 0.29) is 30.5 Å². The molecule has 9 heteroatoms. The molecule has 170 valence electrons. The number of guanidine groups is 1. The molecule has 1 aromatic carbocycles. The Labute approximate surface area is 201 Å². The molecule has 0 spiro atoms. The quantitative estimate of drug-likeness (QED) is 0.317. The molecule has 2 heterocycles. The smallest absolute Gasteiger partial charge is 0.194 e. The molecule has 1 atom stereocenters. The molecule has 1 aliphatic rings. The van der Waals surface area contributed by atoms with E-state index < -0.39 is 6.10 Å². The minimum absolute atomic E-state index is 0. The number of aliphatic hydroxyl groups is 1. The summed E-state index contributed by atoms with van der Waals surface area (Å²) in [5, 5.41) is 14.1. The molecule has 31 heavy (non-hydrogen) atoms. The maximum atomic E-state index is 10.8. The predicted octanol–water partition coefficient (Wildman–Crippen LogP) is 2.54. The first-order valence-corrected chi connectivity index (χ1v) is 10.3. The molecule has 0 aliphatic carbocycles. The Morgan fingerprint density at radius 1 is 1.16 bits per heavy atom. The Bertz CT molecular complexity index is 829. The summed E-state index contributed by atoms with van der Waals surface area (Å²) in [6.07, 6.45) is 1.03. The monoisotopic (exact) mass is 541 g/mol. The Balaban J connectivity index is 0.00000341. The van der Waals surface area contributed by atoms with Crippen LogP contribution in [-0.4, -0.2) is 74.4 Å². The van der Waals surface area contributed by atoms with E-state index in [1.165, 1.54) is 0 Å². The topological polar surface area (TPSA) is 82.5 Å². The van der Waals surface area contributed by atoms with Crippen LogP contribution in [-0.2, 0) is 0 Å². The molecule has 2 aromatic rings. The molecule has 0 saturated carbocycles. The van der Waals surface area contributed by atoms with E-state index in [9.17, 15) is 5.11 Å². The zero-order chi connectivity index (χ0) is 21.3. The van der Waals surface area contributed by atoms with Crippen LogP contribution < -0.4 is 19.7 Å². The summed E-state index contributed by atoms with van der Waals surface area (Å²) in [6, 6.07) is 11.4. The molecule has 1 unspecified atom stereocenters. The number of nitrogens with zero attached hydrogens (tertiary/aromatic N) is 4. The number of hydrogen-bond donors (Lipinski definition) is 2. The number of methoxy groups -OCH3 is 2. The number of aliphatic imine (C=N–C) groups is 1. The number of nitrogens with one attached hydrogen (secondary N) is 1. The van der Waals surface area contributed by atoms with Crippen LogP contribution in [0.2, 0.25) is 0 Å². The lowest BCUT2D eigenvalue weighted by molar-refractivity contribution is 0.181. The van der Waals surface area contributed by atoms with E-state index in [4.69, 9.17) is 14.5 Å². The van der Waals surface area contributed by atoms with Crippen molar-refractivity contribution in [2.45, 2.75) is 13.0 Å². The number of hydrogen-bond acceptors (Lipinski definition) is 6. The van der Waals surface area contributed by atoms with Gasteiger partial charge < -0.3 is 29.7 Å². The van der Waals surface area contributed by atoms with Crippen molar-refractivity contribution in [3.63, 3.8) is 0 Å². The van der Waals surface area contributed by atoms with Gasteiger partial charge in [-0.25, -0.2) is 4.98 Å². The molecule has 2 N–H and O–H groups in total. The molecule has 1 fully saturated rings. The second kappa shape index (κ2) is 12.6. The van der Waals surface area contributed by atoms with E-state index >= 15 is 0 Å². The van der Waals surface area contributed by atoms with Gasteiger partial charge in [-0.15, -0.1) is 24.0 Å². The number of halogens is 1. The lowest BCUT2D eigenvalue weighted by Gasteiger charge is -2.37. The van der Waals surface area contributed by atoms with E-state index in [0.717, 1.165) is 44.5 Å². The standard InChI is InChI=1S/C22H31N5O3.HI/c1-4-23-22(27-13-11-26(12-14-27)21-7-5-6-10-24-21)25-16-19(28)18-15-17(29-2)8-9-20(18)30-3;/h5-10,15,19,28H,4,11-14,16H2,1-3H3,(H,23,25);1H. The van der Waals surface area contributed by atoms with Crippen molar-refractivity contribution < 1.29 is 14.6 Å². The lowest BCUT2D eigenvalue weighted by Crippen LogP contribution is -2.52. The average molecular weight is 541 g/mol. The van der Waals surface area contributed by atoms with Gasteiger partial charge in [-0.1, -0.05) is 6.07 Å². The highest BCUT2D eigenvalue weighted by atomic mass is 127. The summed E-state index contributed by atoms with van der Waals surface area (Å²) < 4.78 is 10.7. The molecule has 3 rings (SSSR count). The number of rotatable bonds is 7. The third-order valence-electron chi connectivity index (χ3n) is 5.10. The maximum Gasteiger partial charge on any atom is 0.194 e. The number of benzene rings is 1. The van der Waals surface area contributed by atoms with Gasteiger partial charge >= 0.3 is 0 Å². The van der Waals surface area contributed by atoms with Crippen molar-refractivity contribution in [3.05, 3.63) is 48.2 Å². The first-order valence-electron chi connectivity index (χ1n) is 10.3. The zero-order valence-electron chi connectivity index (χ0n) is 18.3. The minimum atomic E-state index is -0.793. The molecule has 0 bridgehead atoms. The highest BCUT2D eigenvalue weighted by Crippen LogP contribution is 2.29. The molecule has 1 saturated heterocycles. The van der Waals surface area contributed by atoms with Crippen LogP contribution in [0.1, 0.15) is 18.6 Å². The van der Waals surface area contributed by atoms with Gasteiger partial charge in [-0.3, -0.25) is 4.99 Å². The summed E-state index contributed by atoms with van der Waals surface area (Å²) in [5.41, 5.74) is 0.663. The SMILES string of the molecule is CCNC(=NCC(O)c1cc(OC)ccc1OC)N1CCN(c2ccccn2)CC1.I. The Morgan fingerprint density at radius 3 is 2.55 bits per heavy atom. The molecular weight excluding hydrogens is 509 g/mol. The van der Waals surface area contributed by atoms with Crippen LogP contribution in [0.5, 0.6) is 11.5 Å². The number of aromatic nitrogens is 1. The fourth-order valence-corrected chi connectivity index (χ4v) is 3.49. The Hall–Kier alpha value is -2.27. The van der Waals surface area contributed by atoms with Crippen molar-refractivity contribution in [1.82, 2.24) is 15.2 Å². The van der Waals surface area contributed by atoms with Crippen LogP contribution >= 0.6 is 24.0 Å². The molecule has 1 aromatic heterocycles. The normalized spacial score (nSPS) is 15.2. The molecule has 0 amide bonds. The number of ether oxygens (including phenoxy) is 2. The van der Waals surface area contributed by atoms with Crippen molar-refractivity contribution in [1.29, 1.82) is 0 Å². The van der Waals surface area contributed by atoms with Gasteiger partial charge in [0.15, 0.2) is 5.96 Å². The van der Waals surface area contributed by atoms with Crippen LogP contribution in [0, 0.1) is 0 Å². The number of piperazine rings is 1.